The van der Waals surface area contributed by atoms with Gasteiger partial charge in [-0.05, 0) is 37.3 Å². The lowest BCUT2D eigenvalue weighted by molar-refractivity contribution is 0.0689. The van der Waals surface area contributed by atoms with Gasteiger partial charge in [0.1, 0.15) is 18.1 Å². The van der Waals surface area contributed by atoms with E-state index >= 15 is 0 Å². The molecule has 1 heterocycles. The van der Waals surface area contributed by atoms with Gasteiger partial charge in [-0.2, -0.15) is 5.10 Å². The zero-order valence-electron chi connectivity index (χ0n) is 15.0. The van der Waals surface area contributed by atoms with Crippen LogP contribution in [-0.4, -0.2) is 28.0 Å². The Balaban J connectivity index is 1.87. The number of methoxy groups -OCH3 is 1. The van der Waals surface area contributed by atoms with Crippen molar-refractivity contribution in [2.45, 2.75) is 20.1 Å². The smallest absolute Gasteiger partial charge is 0.356 e. The third-order valence-electron chi connectivity index (χ3n) is 4.13. The number of halogens is 1. The number of benzene rings is 2. The number of hydrogen-bond donors (Lipinski definition) is 1. The van der Waals surface area contributed by atoms with Crippen molar-refractivity contribution in [3.63, 3.8) is 0 Å². The Morgan fingerprint density at radius 3 is 2.63 bits per heavy atom. The molecule has 0 saturated carbocycles. The molecule has 27 heavy (non-hydrogen) atoms. The van der Waals surface area contributed by atoms with Gasteiger partial charge in [-0.3, -0.25) is 4.68 Å². The Morgan fingerprint density at radius 1 is 1.19 bits per heavy atom. The van der Waals surface area contributed by atoms with Crippen LogP contribution in [0.25, 0.3) is 0 Å². The van der Waals surface area contributed by atoms with Gasteiger partial charge in [-0.15, -0.1) is 0 Å². The fourth-order valence-corrected chi connectivity index (χ4v) is 2.84. The molecule has 7 heteroatoms. The summed E-state index contributed by atoms with van der Waals surface area (Å²) in [4.78, 5) is 11.1. The summed E-state index contributed by atoms with van der Waals surface area (Å²) in [6.45, 7) is 2.48. The summed E-state index contributed by atoms with van der Waals surface area (Å²) in [6, 6.07) is 14.5. The summed E-state index contributed by atoms with van der Waals surface area (Å²) >= 11 is 6.19. The largest absolute Gasteiger partial charge is 0.497 e. The summed E-state index contributed by atoms with van der Waals surface area (Å²) in [5.74, 6) is 0.276. The number of carbonyl (C=O) groups is 1. The minimum absolute atomic E-state index is 0.00827. The van der Waals surface area contributed by atoms with Crippen LogP contribution < -0.4 is 9.47 Å². The van der Waals surface area contributed by atoms with Crippen molar-refractivity contribution in [1.82, 2.24) is 9.78 Å². The van der Waals surface area contributed by atoms with Gasteiger partial charge in [-0.25, -0.2) is 4.79 Å². The maximum absolute atomic E-state index is 11.1. The van der Waals surface area contributed by atoms with Crippen molar-refractivity contribution < 1.29 is 19.4 Å². The Morgan fingerprint density at radius 2 is 1.96 bits per heavy atom. The molecule has 0 unspecified atom stereocenters. The van der Waals surface area contributed by atoms with Crippen LogP contribution in [0.1, 0.15) is 27.3 Å². The van der Waals surface area contributed by atoms with Gasteiger partial charge in [-0.1, -0.05) is 29.8 Å². The predicted molar refractivity (Wildman–Crippen MR) is 102 cm³/mol. The van der Waals surface area contributed by atoms with E-state index in [1.54, 1.807) is 11.8 Å². The van der Waals surface area contributed by atoms with E-state index in [1.165, 1.54) is 6.07 Å². The molecule has 140 valence electrons. The monoisotopic (exact) mass is 386 g/mol. The van der Waals surface area contributed by atoms with Gasteiger partial charge < -0.3 is 14.6 Å². The highest BCUT2D eigenvalue weighted by atomic mass is 35.5. The maximum atomic E-state index is 11.1. The number of carboxylic acids is 1. The first kappa shape index (κ1) is 18.8. The highest BCUT2D eigenvalue weighted by Gasteiger charge is 2.14. The van der Waals surface area contributed by atoms with E-state index in [2.05, 4.69) is 5.10 Å². The number of ether oxygens (including phenoxy) is 2. The van der Waals surface area contributed by atoms with Crippen molar-refractivity contribution in [3.8, 4) is 11.5 Å². The first-order chi connectivity index (χ1) is 13.0. The second kappa shape index (κ2) is 8.14. The van der Waals surface area contributed by atoms with Crippen molar-refractivity contribution in [1.29, 1.82) is 0 Å². The van der Waals surface area contributed by atoms with Crippen LogP contribution in [0.4, 0.5) is 0 Å². The number of aryl methyl sites for hydroxylation is 1. The first-order valence-corrected chi connectivity index (χ1v) is 8.66. The summed E-state index contributed by atoms with van der Waals surface area (Å²) in [5.41, 5.74) is 2.45. The zero-order chi connectivity index (χ0) is 19.4. The molecule has 0 atom stereocenters. The van der Waals surface area contributed by atoms with E-state index < -0.39 is 5.97 Å². The molecule has 0 fully saturated rings. The standard InChI is InChI=1S/C20H19ClN2O4/c1-13-9-18(20(24)25)22-23(13)11-15-10-16(26-2)7-8-19(15)27-12-14-5-3-4-6-17(14)21/h3-10H,11-12H2,1-2H3,(H,24,25). The number of aromatic nitrogens is 2. The average Bonchev–Trinajstić information content (AvgIpc) is 3.02. The molecule has 0 saturated heterocycles. The summed E-state index contributed by atoms with van der Waals surface area (Å²) in [7, 11) is 1.59. The number of carboxylic acid groups (broad SMARTS) is 1. The molecule has 2 aromatic carbocycles. The molecule has 3 rings (SSSR count). The molecule has 0 bridgehead atoms. The average molecular weight is 387 g/mol. The molecule has 0 radical (unpaired) electrons. The van der Waals surface area contributed by atoms with Gasteiger partial charge in [0.15, 0.2) is 5.69 Å². The second-order valence-electron chi connectivity index (χ2n) is 5.99. The normalized spacial score (nSPS) is 10.6. The topological polar surface area (TPSA) is 73.6 Å². The van der Waals surface area contributed by atoms with E-state index in [-0.39, 0.29) is 5.69 Å². The molecule has 0 aliphatic heterocycles. The van der Waals surface area contributed by atoms with Crippen molar-refractivity contribution in [3.05, 3.63) is 76.1 Å². The van der Waals surface area contributed by atoms with E-state index in [0.29, 0.717) is 29.7 Å². The molecular weight excluding hydrogens is 368 g/mol. The molecule has 0 spiro atoms. The number of rotatable bonds is 7. The van der Waals surface area contributed by atoms with E-state index in [4.69, 9.17) is 26.2 Å². The Hall–Kier alpha value is -2.99. The number of aromatic carboxylic acids is 1. The van der Waals surface area contributed by atoms with Crippen LogP contribution in [0.15, 0.2) is 48.5 Å². The summed E-state index contributed by atoms with van der Waals surface area (Å²) in [6.07, 6.45) is 0. The van der Waals surface area contributed by atoms with Gasteiger partial charge in [0.25, 0.3) is 0 Å². The van der Waals surface area contributed by atoms with Gasteiger partial charge in [0.2, 0.25) is 0 Å². The van der Waals surface area contributed by atoms with Crippen LogP contribution in [0.2, 0.25) is 5.02 Å². The Kier molecular flexibility index (Phi) is 5.66. The van der Waals surface area contributed by atoms with E-state index in [0.717, 1.165) is 16.8 Å². The second-order valence-corrected chi connectivity index (χ2v) is 6.39. The quantitative estimate of drug-likeness (QED) is 0.659. The molecule has 0 aliphatic carbocycles. The van der Waals surface area contributed by atoms with Gasteiger partial charge >= 0.3 is 5.97 Å². The SMILES string of the molecule is COc1ccc(OCc2ccccc2Cl)c(Cn2nc(C(=O)O)cc2C)c1. The minimum atomic E-state index is -1.06. The van der Waals surface area contributed by atoms with Crippen LogP contribution in [0.5, 0.6) is 11.5 Å². The lowest BCUT2D eigenvalue weighted by atomic mass is 10.1. The molecule has 0 aliphatic rings. The summed E-state index contributed by atoms with van der Waals surface area (Å²) in [5, 5.41) is 13.9. The number of nitrogens with zero attached hydrogens (tertiary/aromatic N) is 2. The van der Waals surface area contributed by atoms with Crippen molar-refractivity contribution >= 4 is 17.6 Å². The molecule has 3 aromatic rings. The summed E-state index contributed by atoms with van der Waals surface area (Å²) < 4.78 is 12.9. The highest BCUT2D eigenvalue weighted by molar-refractivity contribution is 6.31. The minimum Gasteiger partial charge on any atom is -0.497 e. The van der Waals surface area contributed by atoms with Crippen LogP contribution >= 0.6 is 11.6 Å². The predicted octanol–water partition coefficient (Wildman–Crippen LogP) is 4.18. The maximum Gasteiger partial charge on any atom is 0.356 e. The molecular formula is C20H19ClN2O4. The van der Waals surface area contributed by atoms with E-state index in [1.807, 2.05) is 49.4 Å². The Bertz CT molecular complexity index is 968. The molecule has 0 amide bonds. The lowest BCUT2D eigenvalue weighted by Crippen LogP contribution is -2.08. The Labute approximate surface area is 161 Å². The van der Waals surface area contributed by atoms with Gasteiger partial charge in [0.05, 0.1) is 13.7 Å². The van der Waals surface area contributed by atoms with Crippen LogP contribution in [-0.2, 0) is 13.2 Å². The fraction of sp³-hybridized carbons (Fsp3) is 0.200. The third-order valence-corrected chi connectivity index (χ3v) is 4.50. The molecule has 1 N–H and O–H groups in total. The van der Waals surface area contributed by atoms with Crippen molar-refractivity contribution in [2.24, 2.45) is 0 Å². The first-order valence-electron chi connectivity index (χ1n) is 8.29. The lowest BCUT2D eigenvalue weighted by Gasteiger charge is -2.14. The van der Waals surface area contributed by atoms with Crippen molar-refractivity contribution in [2.75, 3.05) is 7.11 Å². The van der Waals surface area contributed by atoms with E-state index in [9.17, 15) is 4.79 Å². The van der Waals surface area contributed by atoms with Crippen LogP contribution in [0.3, 0.4) is 0 Å². The molecule has 6 nitrogen and oxygen atoms in total. The van der Waals surface area contributed by atoms with Gasteiger partial charge in [0, 0.05) is 21.8 Å². The third kappa shape index (κ3) is 4.41. The highest BCUT2D eigenvalue weighted by Crippen LogP contribution is 2.27. The fourth-order valence-electron chi connectivity index (χ4n) is 2.65. The number of hydrogen-bond acceptors (Lipinski definition) is 4. The zero-order valence-corrected chi connectivity index (χ0v) is 15.7. The molecule has 1 aromatic heterocycles. The van der Waals surface area contributed by atoms with Crippen LogP contribution in [0, 0.1) is 6.92 Å².